The minimum Gasteiger partial charge on any atom is -0.461 e. The molecule has 0 fully saturated rings. The molecule has 158 valence electrons. The molecule has 0 radical (unpaired) electrons. The van der Waals surface area contributed by atoms with Gasteiger partial charge in [-0.15, -0.1) is 10.2 Å². The predicted molar refractivity (Wildman–Crippen MR) is 117 cm³/mol. The Morgan fingerprint density at radius 2 is 2.00 bits per heavy atom. The molecule has 0 spiro atoms. The van der Waals surface area contributed by atoms with Crippen LogP contribution >= 0.6 is 35.0 Å². The number of benzene rings is 1. The lowest BCUT2D eigenvalue weighted by Crippen LogP contribution is -2.13. The highest BCUT2D eigenvalue weighted by Gasteiger charge is 2.24. The summed E-state index contributed by atoms with van der Waals surface area (Å²) in [5.41, 5.74) is 2.42. The molecule has 0 saturated carbocycles. The number of aromatic nitrogens is 4. The van der Waals surface area contributed by atoms with Crippen molar-refractivity contribution in [2.45, 2.75) is 25.9 Å². The van der Waals surface area contributed by atoms with Crippen LogP contribution in [0.25, 0.3) is 11.4 Å². The molecular formula is C19H19Cl2N5O3S. The van der Waals surface area contributed by atoms with E-state index >= 15 is 0 Å². The Morgan fingerprint density at radius 3 is 2.70 bits per heavy atom. The van der Waals surface area contributed by atoms with E-state index in [1.165, 1.54) is 4.68 Å². The fraction of sp³-hybridized carbons (Fsp3) is 0.263. The van der Waals surface area contributed by atoms with Crippen molar-refractivity contribution < 1.29 is 14.3 Å². The Balaban J connectivity index is 1.79. The monoisotopic (exact) mass is 467 g/mol. The Labute approximate surface area is 187 Å². The smallest absolute Gasteiger partial charge is 0.355 e. The van der Waals surface area contributed by atoms with E-state index in [2.05, 4.69) is 15.2 Å². The minimum atomic E-state index is -0.491. The number of ketones is 1. The van der Waals surface area contributed by atoms with Crippen molar-refractivity contribution in [3.8, 4) is 11.4 Å². The molecule has 0 atom stereocenters. The first-order valence-electron chi connectivity index (χ1n) is 8.92. The van der Waals surface area contributed by atoms with E-state index < -0.39 is 5.97 Å². The van der Waals surface area contributed by atoms with Gasteiger partial charge < -0.3 is 15.6 Å². The maximum absolute atomic E-state index is 12.8. The van der Waals surface area contributed by atoms with E-state index in [1.807, 2.05) is 0 Å². The van der Waals surface area contributed by atoms with Gasteiger partial charge in [-0.2, -0.15) is 0 Å². The van der Waals surface area contributed by atoms with Crippen molar-refractivity contribution in [2.24, 2.45) is 0 Å². The Bertz CT molecular complexity index is 1130. The first-order chi connectivity index (χ1) is 14.2. The van der Waals surface area contributed by atoms with Crippen LogP contribution in [-0.4, -0.2) is 44.0 Å². The average molecular weight is 468 g/mol. The van der Waals surface area contributed by atoms with Gasteiger partial charge in [-0.05, 0) is 44.5 Å². The quantitative estimate of drug-likeness (QED) is 0.233. The second-order valence-corrected chi connectivity index (χ2v) is 8.14. The molecular weight excluding hydrogens is 449 g/mol. The fourth-order valence-corrected chi connectivity index (χ4v) is 4.11. The van der Waals surface area contributed by atoms with Crippen LogP contribution in [0.4, 0.5) is 0 Å². The highest BCUT2D eigenvalue weighted by Crippen LogP contribution is 2.31. The van der Waals surface area contributed by atoms with Crippen LogP contribution in [0.15, 0.2) is 23.4 Å². The number of nitrogens with zero attached hydrogens (tertiary/aromatic N) is 3. The summed E-state index contributed by atoms with van der Waals surface area (Å²) >= 11 is 13.4. The van der Waals surface area contributed by atoms with Crippen LogP contribution in [0.3, 0.4) is 0 Å². The second kappa shape index (κ2) is 9.11. The Hall–Kier alpha value is -2.49. The summed E-state index contributed by atoms with van der Waals surface area (Å²) in [4.78, 5) is 27.8. The molecule has 0 amide bonds. The first kappa shape index (κ1) is 22.2. The van der Waals surface area contributed by atoms with Gasteiger partial charge in [0.2, 0.25) is 5.16 Å². The number of rotatable bonds is 7. The maximum Gasteiger partial charge on any atom is 0.355 e. The zero-order valence-corrected chi connectivity index (χ0v) is 18.8. The number of Topliss-reactive ketones (excluding diaryl/α,β-unsaturated/α-hetero) is 1. The number of hydrogen-bond acceptors (Lipinski definition) is 7. The van der Waals surface area contributed by atoms with Crippen LogP contribution in [0, 0.1) is 13.8 Å². The zero-order valence-electron chi connectivity index (χ0n) is 16.5. The SMILES string of the molecule is CCOC(=O)c1[nH]c(C)c(C(=O)CSc2nnc(-c3cc(Cl)ccc3Cl)n2N)c1C. The number of hydrogen-bond donors (Lipinski definition) is 2. The van der Waals surface area contributed by atoms with Crippen LogP contribution in [-0.2, 0) is 4.74 Å². The Kier molecular flexibility index (Phi) is 6.74. The first-order valence-corrected chi connectivity index (χ1v) is 10.7. The van der Waals surface area contributed by atoms with Crippen LogP contribution < -0.4 is 5.84 Å². The van der Waals surface area contributed by atoms with Crippen LogP contribution in [0.1, 0.15) is 39.0 Å². The van der Waals surface area contributed by atoms with Crippen molar-refractivity contribution in [2.75, 3.05) is 18.2 Å². The largest absolute Gasteiger partial charge is 0.461 e. The summed E-state index contributed by atoms with van der Waals surface area (Å²) in [7, 11) is 0. The van der Waals surface area contributed by atoms with Gasteiger partial charge in [-0.25, -0.2) is 9.47 Å². The minimum absolute atomic E-state index is 0.0560. The highest BCUT2D eigenvalue weighted by atomic mass is 35.5. The van der Waals surface area contributed by atoms with Crippen LogP contribution in [0.2, 0.25) is 10.0 Å². The van der Waals surface area contributed by atoms with Gasteiger partial charge in [0, 0.05) is 21.8 Å². The summed E-state index contributed by atoms with van der Waals surface area (Å²) in [6.45, 7) is 5.41. The molecule has 0 aliphatic carbocycles. The van der Waals surface area contributed by atoms with Crippen molar-refractivity contribution in [1.29, 1.82) is 0 Å². The fourth-order valence-electron chi connectivity index (χ4n) is 3.01. The van der Waals surface area contributed by atoms with Crippen molar-refractivity contribution >= 4 is 46.7 Å². The molecule has 0 saturated heterocycles. The molecule has 3 rings (SSSR count). The highest BCUT2D eigenvalue weighted by molar-refractivity contribution is 7.99. The number of nitrogens with one attached hydrogen (secondary N) is 1. The lowest BCUT2D eigenvalue weighted by Gasteiger charge is -2.06. The lowest BCUT2D eigenvalue weighted by atomic mass is 10.1. The van der Waals surface area contributed by atoms with Crippen molar-refractivity contribution in [3.05, 3.63) is 50.8 Å². The van der Waals surface area contributed by atoms with E-state index in [9.17, 15) is 9.59 Å². The van der Waals surface area contributed by atoms with Crippen molar-refractivity contribution in [1.82, 2.24) is 19.9 Å². The van der Waals surface area contributed by atoms with E-state index in [1.54, 1.807) is 39.0 Å². The standard InChI is InChI=1S/C19H19Cl2N5O3S/c1-4-29-18(28)16-9(2)15(10(3)23-16)14(27)8-30-19-25-24-17(26(19)22)12-7-11(20)5-6-13(12)21/h5-7,23H,4,8,22H2,1-3H3. The summed E-state index contributed by atoms with van der Waals surface area (Å²) in [5.74, 6) is 5.83. The van der Waals surface area contributed by atoms with E-state index in [4.69, 9.17) is 33.8 Å². The summed E-state index contributed by atoms with van der Waals surface area (Å²) in [6, 6.07) is 4.94. The summed E-state index contributed by atoms with van der Waals surface area (Å²) in [6.07, 6.45) is 0. The molecule has 8 nitrogen and oxygen atoms in total. The van der Waals surface area contributed by atoms with Gasteiger partial charge in [0.15, 0.2) is 11.6 Å². The third-order valence-corrected chi connectivity index (χ3v) is 5.87. The van der Waals surface area contributed by atoms with Gasteiger partial charge in [-0.1, -0.05) is 35.0 Å². The molecule has 0 unspecified atom stereocenters. The van der Waals surface area contributed by atoms with E-state index in [-0.39, 0.29) is 23.8 Å². The number of H-pyrrole nitrogens is 1. The number of carbonyl (C=O) groups excluding carboxylic acids is 2. The number of aryl methyl sites for hydroxylation is 1. The zero-order chi connectivity index (χ0) is 22.0. The maximum atomic E-state index is 12.8. The van der Waals surface area contributed by atoms with Gasteiger partial charge in [0.1, 0.15) is 5.69 Å². The number of ether oxygens (including phenoxy) is 1. The predicted octanol–water partition coefficient (Wildman–Crippen LogP) is 4.06. The molecule has 2 aromatic heterocycles. The van der Waals surface area contributed by atoms with E-state index in [0.29, 0.717) is 43.4 Å². The number of nitrogen functional groups attached to an aromatic ring is 1. The molecule has 0 bridgehead atoms. The molecule has 0 aliphatic rings. The molecule has 0 aliphatic heterocycles. The lowest BCUT2D eigenvalue weighted by molar-refractivity contribution is 0.0519. The second-order valence-electron chi connectivity index (χ2n) is 6.36. The summed E-state index contributed by atoms with van der Waals surface area (Å²) < 4.78 is 6.28. The number of halogens is 2. The molecule has 30 heavy (non-hydrogen) atoms. The third-order valence-electron chi connectivity index (χ3n) is 4.36. The Morgan fingerprint density at radius 1 is 1.27 bits per heavy atom. The molecule has 2 heterocycles. The van der Waals surface area contributed by atoms with Gasteiger partial charge in [0.05, 0.1) is 17.4 Å². The third kappa shape index (κ3) is 4.33. The van der Waals surface area contributed by atoms with Crippen LogP contribution in [0.5, 0.6) is 0 Å². The normalized spacial score (nSPS) is 11.0. The number of carbonyl (C=O) groups is 2. The average Bonchev–Trinajstić information content (AvgIpc) is 3.21. The molecule has 11 heteroatoms. The van der Waals surface area contributed by atoms with E-state index in [0.717, 1.165) is 11.8 Å². The number of aromatic amines is 1. The van der Waals surface area contributed by atoms with Gasteiger partial charge >= 0.3 is 5.97 Å². The molecule has 1 aromatic carbocycles. The molecule has 3 N–H and O–H groups in total. The number of thioether (sulfide) groups is 1. The van der Waals surface area contributed by atoms with Gasteiger partial charge in [0.25, 0.3) is 0 Å². The van der Waals surface area contributed by atoms with Crippen molar-refractivity contribution in [3.63, 3.8) is 0 Å². The number of nitrogens with two attached hydrogens (primary N) is 1. The summed E-state index contributed by atoms with van der Waals surface area (Å²) in [5, 5.41) is 9.36. The topological polar surface area (TPSA) is 116 Å². The van der Waals surface area contributed by atoms with Gasteiger partial charge in [-0.3, -0.25) is 4.79 Å². The number of esters is 1. The molecule has 3 aromatic rings.